The number of anilines is 1. The van der Waals surface area contributed by atoms with Crippen LogP contribution in [0.5, 0.6) is 5.75 Å². The number of hydrazine groups is 1. The fourth-order valence-corrected chi connectivity index (χ4v) is 4.44. The highest BCUT2D eigenvalue weighted by Crippen LogP contribution is 2.26. The maximum Gasteiger partial charge on any atom is 0.269 e. The van der Waals surface area contributed by atoms with Crippen molar-refractivity contribution >= 4 is 56.7 Å². The van der Waals surface area contributed by atoms with Gasteiger partial charge in [0.05, 0.1) is 11.1 Å². The van der Waals surface area contributed by atoms with Crippen LogP contribution in [0.3, 0.4) is 0 Å². The molecule has 4 aromatic carbocycles. The van der Waals surface area contributed by atoms with Crippen LogP contribution >= 0.6 is 28.1 Å². The van der Waals surface area contributed by atoms with Crippen LogP contribution in [0.4, 0.5) is 5.69 Å². The van der Waals surface area contributed by atoms with Crippen molar-refractivity contribution in [3.8, 4) is 5.75 Å². The molecule has 0 aliphatic rings. The zero-order valence-corrected chi connectivity index (χ0v) is 24.5. The van der Waals surface area contributed by atoms with E-state index in [1.807, 2.05) is 49.4 Å². The van der Waals surface area contributed by atoms with Crippen molar-refractivity contribution in [2.45, 2.75) is 13.3 Å². The molecule has 0 saturated heterocycles. The van der Waals surface area contributed by atoms with Crippen molar-refractivity contribution in [1.82, 2.24) is 16.2 Å². The summed E-state index contributed by atoms with van der Waals surface area (Å²) in [6.45, 7) is 2.35. The molecule has 41 heavy (non-hydrogen) atoms. The molecule has 0 unspecified atom stereocenters. The van der Waals surface area contributed by atoms with Crippen molar-refractivity contribution in [1.29, 1.82) is 0 Å². The molecule has 0 heterocycles. The average molecular weight is 632 g/mol. The first-order valence-electron chi connectivity index (χ1n) is 12.6. The van der Waals surface area contributed by atoms with Gasteiger partial charge in [-0.25, -0.2) is 0 Å². The molecule has 8 nitrogen and oxygen atoms in total. The highest BCUT2D eigenvalue weighted by atomic mass is 79.9. The number of ether oxygens (including phenoxy) is 1. The lowest BCUT2D eigenvalue weighted by atomic mass is 10.1. The van der Waals surface area contributed by atoms with Crippen LogP contribution in [0.15, 0.2) is 102 Å². The van der Waals surface area contributed by atoms with E-state index in [0.717, 1.165) is 12.0 Å². The summed E-state index contributed by atoms with van der Waals surface area (Å²) < 4.78 is 6.46. The molecule has 0 saturated carbocycles. The number of carbonyl (C=O) groups excluding carboxylic acids is 3. The third-order valence-corrected chi connectivity index (χ3v) is 6.82. The number of aryl methyl sites for hydroxylation is 1. The zero-order chi connectivity index (χ0) is 29.2. The van der Waals surface area contributed by atoms with Gasteiger partial charge >= 0.3 is 0 Å². The van der Waals surface area contributed by atoms with Crippen LogP contribution in [0.1, 0.15) is 42.2 Å². The monoisotopic (exact) mass is 630 g/mol. The SMILES string of the molecule is Cc1ccccc1C(=O)Nc1ccc(C(=O)NNC(=S)NC(=O)c2ccc(OCCc3ccccc3)c(Br)c2)cc1. The van der Waals surface area contributed by atoms with E-state index in [1.54, 1.807) is 54.6 Å². The Hall–Kier alpha value is -4.54. The number of halogens is 1. The Balaban J connectivity index is 1.22. The second kappa shape index (κ2) is 14.2. The summed E-state index contributed by atoms with van der Waals surface area (Å²) in [5, 5.41) is 5.25. The summed E-state index contributed by atoms with van der Waals surface area (Å²) >= 11 is 8.59. The second-order valence-electron chi connectivity index (χ2n) is 8.94. The van der Waals surface area contributed by atoms with E-state index in [4.69, 9.17) is 17.0 Å². The molecule has 0 atom stereocenters. The van der Waals surface area contributed by atoms with Crippen LogP contribution in [0.2, 0.25) is 0 Å². The van der Waals surface area contributed by atoms with Crippen molar-refractivity contribution < 1.29 is 19.1 Å². The number of amides is 3. The molecule has 208 valence electrons. The molecule has 0 bridgehead atoms. The van der Waals surface area contributed by atoms with E-state index in [9.17, 15) is 14.4 Å². The molecule has 0 fully saturated rings. The summed E-state index contributed by atoms with van der Waals surface area (Å²) in [6.07, 6.45) is 0.760. The van der Waals surface area contributed by atoms with Gasteiger partial charge < -0.3 is 10.1 Å². The van der Waals surface area contributed by atoms with Gasteiger partial charge in [-0.15, -0.1) is 0 Å². The van der Waals surface area contributed by atoms with Gasteiger partial charge in [-0.05, 0) is 94.7 Å². The number of hydrogen-bond acceptors (Lipinski definition) is 5. The van der Waals surface area contributed by atoms with E-state index < -0.39 is 11.8 Å². The van der Waals surface area contributed by atoms with Gasteiger partial charge in [0, 0.05) is 28.8 Å². The summed E-state index contributed by atoms with van der Waals surface area (Å²) in [5.74, 6) is -0.549. The molecule has 10 heteroatoms. The number of benzene rings is 4. The molecular weight excluding hydrogens is 604 g/mol. The molecular formula is C31H27BrN4O4S. The van der Waals surface area contributed by atoms with Gasteiger partial charge in [-0.3, -0.25) is 30.6 Å². The van der Waals surface area contributed by atoms with Crippen molar-refractivity contribution in [2.24, 2.45) is 0 Å². The van der Waals surface area contributed by atoms with Crippen LogP contribution in [-0.4, -0.2) is 29.4 Å². The van der Waals surface area contributed by atoms with E-state index in [2.05, 4.69) is 37.4 Å². The quantitative estimate of drug-likeness (QED) is 0.149. The van der Waals surface area contributed by atoms with Gasteiger partial charge in [0.2, 0.25) is 0 Å². The van der Waals surface area contributed by atoms with E-state index in [0.29, 0.717) is 39.2 Å². The maximum atomic E-state index is 12.6. The maximum absolute atomic E-state index is 12.6. The molecule has 4 rings (SSSR count). The Bertz CT molecular complexity index is 1560. The largest absolute Gasteiger partial charge is 0.492 e. The molecule has 0 aliphatic heterocycles. The highest BCUT2D eigenvalue weighted by molar-refractivity contribution is 9.10. The Labute approximate surface area is 251 Å². The van der Waals surface area contributed by atoms with E-state index in [-0.39, 0.29) is 11.0 Å². The smallest absolute Gasteiger partial charge is 0.269 e. The van der Waals surface area contributed by atoms with Crippen molar-refractivity contribution in [2.75, 3.05) is 11.9 Å². The number of nitrogens with one attached hydrogen (secondary N) is 4. The predicted octanol–water partition coefficient (Wildman–Crippen LogP) is 5.58. The number of rotatable bonds is 8. The Morgan fingerprint density at radius 1 is 0.780 bits per heavy atom. The molecule has 0 radical (unpaired) electrons. The lowest BCUT2D eigenvalue weighted by Gasteiger charge is -2.13. The number of thiocarbonyl (C=S) groups is 1. The lowest BCUT2D eigenvalue weighted by molar-refractivity contribution is 0.0934. The third-order valence-electron chi connectivity index (χ3n) is 6.00. The van der Waals surface area contributed by atoms with Gasteiger partial charge in [-0.2, -0.15) is 0 Å². The minimum atomic E-state index is -0.474. The molecule has 0 aliphatic carbocycles. The summed E-state index contributed by atoms with van der Waals surface area (Å²) in [7, 11) is 0. The minimum absolute atomic E-state index is 0.0789. The average Bonchev–Trinajstić information content (AvgIpc) is 2.97. The predicted molar refractivity (Wildman–Crippen MR) is 166 cm³/mol. The molecule has 0 spiro atoms. The fourth-order valence-electron chi connectivity index (χ4n) is 3.81. The number of carbonyl (C=O) groups is 3. The third kappa shape index (κ3) is 8.47. The molecule has 3 amide bonds. The molecule has 4 aromatic rings. The van der Waals surface area contributed by atoms with Crippen molar-refractivity contribution in [3.63, 3.8) is 0 Å². The first kappa shape index (κ1) is 29.4. The second-order valence-corrected chi connectivity index (χ2v) is 10.2. The first-order chi connectivity index (χ1) is 19.8. The Kier molecular flexibility index (Phi) is 10.2. The van der Waals surface area contributed by atoms with Crippen LogP contribution in [0.25, 0.3) is 0 Å². The van der Waals surface area contributed by atoms with Gasteiger partial charge in [0.1, 0.15) is 5.75 Å². The highest BCUT2D eigenvalue weighted by Gasteiger charge is 2.13. The molecule has 4 N–H and O–H groups in total. The van der Waals surface area contributed by atoms with Crippen molar-refractivity contribution in [3.05, 3.63) is 129 Å². The van der Waals surface area contributed by atoms with Crippen LogP contribution in [-0.2, 0) is 6.42 Å². The fraction of sp³-hybridized carbons (Fsp3) is 0.0968. The van der Waals surface area contributed by atoms with Gasteiger partial charge in [0.15, 0.2) is 5.11 Å². The van der Waals surface area contributed by atoms with E-state index >= 15 is 0 Å². The number of hydrogen-bond donors (Lipinski definition) is 4. The molecule has 0 aromatic heterocycles. The van der Waals surface area contributed by atoms with Crippen LogP contribution in [0, 0.1) is 6.92 Å². The lowest BCUT2D eigenvalue weighted by Crippen LogP contribution is -2.48. The Morgan fingerprint density at radius 2 is 1.46 bits per heavy atom. The summed E-state index contributed by atoms with van der Waals surface area (Å²) in [4.78, 5) is 37.6. The first-order valence-corrected chi connectivity index (χ1v) is 13.9. The zero-order valence-electron chi connectivity index (χ0n) is 22.1. The van der Waals surface area contributed by atoms with Crippen LogP contribution < -0.4 is 26.2 Å². The normalized spacial score (nSPS) is 10.3. The Morgan fingerprint density at radius 3 is 2.17 bits per heavy atom. The van der Waals surface area contributed by atoms with E-state index in [1.165, 1.54) is 5.56 Å². The topological polar surface area (TPSA) is 109 Å². The summed E-state index contributed by atoms with van der Waals surface area (Å²) in [5.41, 5.74) is 8.80. The summed E-state index contributed by atoms with van der Waals surface area (Å²) in [6, 6.07) is 28.6. The minimum Gasteiger partial charge on any atom is -0.492 e. The standard InChI is InChI=1S/C31H27BrN4O4S/c1-20-7-5-6-10-25(20)30(39)33-24-14-11-22(12-15-24)29(38)35-36-31(41)34-28(37)23-13-16-27(26(32)19-23)40-18-17-21-8-3-2-4-9-21/h2-16,19H,17-18H2,1H3,(H,33,39)(H,35,38)(H2,34,36,37,41). The van der Waals surface area contributed by atoms with Gasteiger partial charge in [-0.1, -0.05) is 48.5 Å². The van der Waals surface area contributed by atoms with Gasteiger partial charge in [0.25, 0.3) is 17.7 Å².